The van der Waals surface area contributed by atoms with E-state index in [2.05, 4.69) is 44.1 Å². The van der Waals surface area contributed by atoms with E-state index in [0.29, 0.717) is 45.2 Å². The zero-order chi connectivity index (χ0) is 66.5. The van der Waals surface area contributed by atoms with Crippen molar-refractivity contribution in [1.82, 2.24) is 19.9 Å². The van der Waals surface area contributed by atoms with Crippen LogP contribution in [0.2, 0.25) is 0 Å². The second-order valence-electron chi connectivity index (χ2n) is 18.1. The second-order valence-corrected chi connectivity index (χ2v) is 20.9. The fraction of sp³-hybridized carbons (Fsp3) is 0. The summed E-state index contributed by atoms with van der Waals surface area (Å²) in [7, 11) is -1.51. The Kier molecular flexibility index (Phi) is 9.46. The molecule has 0 aliphatic rings. The summed E-state index contributed by atoms with van der Waals surface area (Å²) in [6.07, 6.45) is 3.54. The highest BCUT2D eigenvalue weighted by atomic mass is 79.9. The van der Waals surface area contributed by atoms with Gasteiger partial charge in [-0.3, -0.25) is 9.97 Å². The second kappa shape index (κ2) is 20.9. The van der Waals surface area contributed by atoms with E-state index >= 15 is 0 Å². The lowest BCUT2D eigenvalue weighted by molar-refractivity contribution is 0.426. The van der Waals surface area contributed by atoms with Crippen molar-refractivity contribution in [3.63, 3.8) is 0 Å². The monoisotopic (exact) mass is 1130 g/mol. The molecule has 0 aliphatic carbocycles. The molecular formula is C68H44B2BrN4O2S2. The third kappa shape index (κ3) is 8.96. The van der Waals surface area contributed by atoms with Gasteiger partial charge in [0.2, 0.25) is 0 Å². The van der Waals surface area contributed by atoms with E-state index in [1.54, 1.807) is 18.5 Å². The quantitative estimate of drug-likeness (QED) is 0.135. The van der Waals surface area contributed by atoms with Crippen molar-refractivity contribution in [2.24, 2.45) is 0 Å². The predicted molar refractivity (Wildman–Crippen MR) is 343 cm³/mol. The minimum Gasteiger partial charge on any atom is -0.423 e. The van der Waals surface area contributed by atoms with E-state index in [-0.39, 0.29) is 109 Å². The van der Waals surface area contributed by atoms with Gasteiger partial charge < -0.3 is 10.0 Å². The van der Waals surface area contributed by atoms with E-state index in [9.17, 15) is 10.0 Å². The molecule has 0 atom stereocenters. The van der Waals surface area contributed by atoms with Crippen LogP contribution in [0, 0.1) is 0 Å². The fourth-order valence-electron chi connectivity index (χ4n) is 10.1. The first-order chi connectivity index (χ1) is 45.2. The van der Waals surface area contributed by atoms with E-state index < -0.39 is 7.12 Å². The molecule has 0 spiro atoms. The normalized spacial score (nSPS) is 14.0. The Bertz CT molecular complexity index is 5820. The van der Waals surface area contributed by atoms with Gasteiger partial charge in [0.25, 0.3) is 0 Å². The van der Waals surface area contributed by atoms with Crippen molar-refractivity contribution < 1.29 is 32.2 Å². The number of hydrogen-bond acceptors (Lipinski definition) is 8. The average Bonchev–Trinajstić information content (AvgIpc) is 1.61. The van der Waals surface area contributed by atoms with Crippen LogP contribution in [0.5, 0.6) is 0 Å². The molecule has 16 aromatic rings. The van der Waals surface area contributed by atoms with Gasteiger partial charge in [-0.25, -0.2) is 9.97 Å². The molecule has 0 bridgehead atoms. The number of benzene rings is 10. The smallest absolute Gasteiger partial charge is 0.423 e. The molecule has 6 heterocycles. The van der Waals surface area contributed by atoms with Gasteiger partial charge in [0, 0.05) is 107 Å². The Morgan fingerprint density at radius 3 is 1.43 bits per heavy atom. The van der Waals surface area contributed by atoms with E-state index in [0.717, 1.165) is 110 Å². The molecule has 3 radical (unpaired) electrons. The van der Waals surface area contributed by atoms with Gasteiger partial charge in [-0.05, 0) is 90.9 Å². The summed E-state index contributed by atoms with van der Waals surface area (Å²) in [5, 5.41) is 27.9. The highest BCUT2D eigenvalue weighted by Crippen LogP contribution is 2.44. The molecular weight excluding hydrogens is 1070 g/mol. The zero-order valence-corrected chi connectivity index (χ0v) is 44.3. The predicted octanol–water partition coefficient (Wildman–Crippen LogP) is 17.6. The van der Waals surface area contributed by atoms with Crippen molar-refractivity contribution in [3.8, 4) is 33.6 Å². The van der Waals surface area contributed by atoms with Crippen molar-refractivity contribution in [2.75, 3.05) is 0 Å². The number of fused-ring (bicyclic) bond motifs is 14. The van der Waals surface area contributed by atoms with E-state index in [1.807, 2.05) is 121 Å². The Morgan fingerprint density at radius 1 is 0.405 bits per heavy atom. The van der Waals surface area contributed by atoms with Crippen molar-refractivity contribution >= 4 is 165 Å². The number of aromatic nitrogens is 4. The Labute approximate surface area is 495 Å². The molecule has 16 rings (SSSR count). The molecule has 6 nitrogen and oxygen atoms in total. The molecule has 0 saturated carbocycles. The molecule has 0 unspecified atom stereocenters. The summed E-state index contributed by atoms with van der Waals surface area (Å²) < 4.78 is 127. The topological polar surface area (TPSA) is 92.0 Å². The minimum atomic E-state index is -1.51. The van der Waals surface area contributed by atoms with Crippen LogP contribution in [-0.4, -0.2) is 45.5 Å². The summed E-state index contributed by atoms with van der Waals surface area (Å²) in [4.78, 5) is 19.1. The van der Waals surface area contributed by atoms with Crippen LogP contribution in [0.15, 0.2) is 247 Å². The molecule has 79 heavy (non-hydrogen) atoms. The summed E-state index contributed by atoms with van der Waals surface area (Å²) in [5.74, 6) is 0. The van der Waals surface area contributed by atoms with E-state index in [4.69, 9.17) is 32.1 Å². The van der Waals surface area contributed by atoms with Crippen molar-refractivity contribution in [1.29, 1.82) is 0 Å². The van der Waals surface area contributed by atoms with Gasteiger partial charge >= 0.3 is 7.12 Å². The van der Waals surface area contributed by atoms with Gasteiger partial charge in [0.05, 0.1) is 52.6 Å². The first kappa shape index (κ1) is 35.7. The highest BCUT2D eigenvalue weighted by Gasteiger charge is 2.19. The summed E-state index contributed by atoms with van der Waals surface area (Å²) in [6.45, 7) is 0. The maximum atomic E-state index is 9.67. The lowest BCUT2D eigenvalue weighted by atomic mass is 9.76. The fourth-order valence-corrected chi connectivity index (χ4v) is 12.7. The molecule has 373 valence electrons. The van der Waals surface area contributed by atoms with Gasteiger partial charge in [-0.2, -0.15) is 0 Å². The molecule has 0 saturated heterocycles. The lowest BCUT2D eigenvalue weighted by Crippen LogP contribution is -2.30. The van der Waals surface area contributed by atoms with Crippen LogP contribution >= 0.6 is 38.6 Å². The maximum absolute atomic E-state index is 9.67. The first-order valence-corrected chi connectivity index (χ1v) is 26.9. The molecule has 11 heteroatoms. The summed E-state index contributed by atoms with van der Waals surface area (Å²) in [5.41, 5.74) is 8.41. The van der Waals surface area contributed by atoms with Crippen LogP contribution in [-0.2, 0) is 0 Å². The van der Waals surface area contributed by atoms with Crippen molar-refractivity contribution in [2.45, 2.75) is 0 Å². The standard InChI is InChI=1S/C34H20N2S.C22H15BN2O2.C12H7BrS.B.H2/c1-2-9-24-23(8-1)25(28-11-5-12-29-27-10-3-4-13-31(27)37-34(28)29)17-18-26(24)30-19-16-22-15-14-21-7-6-20-35-32(21)33(22)36-30;26-23(27)19-11-10-18(16-5-1-2-6-17(16)19)20-12-9-15-8-7-14-4-3-13-24-21(14)22(15)25-20;13-10-6-3-5-9-8-4-1-2-7-11(8)14-12(9)10;;/h1-20H;1-13,26-27H;1-7H;;1H/i3D,4D,5D,10D,11D,12D,13D;;1D,2D,3D,4D,5D,6D,7D;;1+1D. The van der Waals surface area contributed by atoms with Crippen molar-refractivity contribution in [3.05, 3.63) is 247 Å². The lowest BCUT2D eigenvalue weighted by Gasteiger charge is -2.13. The number of pyridine rings is 4. The molecule has 2 N–H and O–H groups in total. The van der Waals surface area contributed by atoms with Crippen LogP contribution < -0.4 is 5.46 Å². The summed E-state index contributed by atoms with van der Waals surface area (Å²) >= 11 is 5.48. The maximum Gasteiger partial charge on any atom is 0.489 e. The van der Waals surface area contributed by atoms with Crippen LogP contribution in [0.25, 0.3) is 139 Å². The Morgan fingerprint density at radius 2 is 0.848 bits per heavy atom. The third-order valence-electron chi connectivity index (χ3n) is 13.7. The van der Waals surface area contributed by atoms with Gasteiger partial charge in [-0.1, -0.05) is 188 Å². The summed E-state index contributed by atoms with van der Waals surface area (Å²) in [6, 6.07) is 43.7. The van der Waals surface area contributed by atoms with Crippen LogP contribution in [0.3, 0.4) is 0 Å². The Hall–Kier alpha value is -8.67. The molecule has 6 aromatic heterocycles. The molecule has 0 amide bonds. The van der Waals surface area contributed by atoms with Gasteiger partial charge in [0.15, 0.2) is 0 Å². The molecule has 0 fully saturated rings. The number of thiophene rings is 2. The number of rotatable bonds is 4. The zero-order valence-electron chi connectivity index (χ0n) is 57.0. The van der Waals surface area contributed by atoms with Crippen LogP contribution in [0.1, 0.15) is 22.2 Å². The number of halogens is 1. The van der Waals surface area contributed by atoms with Gasteiger partial charge in [0.1, 0.15) is 0 Å². The minimum absolute atomic E-state index is 0. The van der Waals surface area contributed by atoms with E-state index in [1.165, 1.54) is 0 Å². The highest BCUT2D eigenvalue weighted by molar-refractivity contribution is 9.10. The average molecular weight is 1130 g/mol. The number of hydrogen-bond donors (Lipinski definition) is 2. The third-order valence-corrected chi connectivity index (χ3v) is 16.8. The first-order valence-electron chi connectivity index (χ1n) is 32.4. The SMILES string of the molecule is OB(O)c1ccc(-c2ccc3ccc4cccnc4c3n2)c2ccccc12.[2H][2H].[2H]c1c([2H])c([2H])c2c(sc3c(-c4ccc(-c5ccc6ccc7cccnc7c6n5)c5ccccc45)c([2H])c([2H])c([2H])c32)c1[2H].[2H]c1c([2H])c([2H])c2c(sc3c(Br)c([2H])c([2H])c([2H])c32)c1[2H].[B]. The Balaban J connectivity index is 0.000000145. The molecule has 10 aromatic carbocycles. The molecule has 0 aliphatic heterocycles. The largest absolute Gasteiger partial charge is 0.489 e. The van der Waals surface area contributed by atoms with Gasteiger partial charge in [-0.15, -0.1) is 22.7 Å². The number of nitrogens with zero attached hydrogens (tertiary/aromatic N) is 4. The van der Waals surface area contributed by atoms with Crippen LogP contribution in [0.4, 0.5) is 0 Å².